The van der Waals surface area contributed by atoms with Crippen LogP contribution >= 0.6 is 0 Å². The lowest BCUT2D eigenvalue weighted by atomic mass is 10.3. The Bertz CT molecular complexity index is 280. The minimum atomic E-state index is -0.450. The second-order valence-corrected chi connectivity index (χ2v) is 4.23. The van der Waals surface area contributed by atoms with E-state index in [0.717, 1.165) is 12.8 Å². The summed E-state index contributed by atoms with van der Waals surface area (Å²) in [5, 5.41) is 5.34. The van der Waals surface area contributed by atoms with Crippen LogP contribution < -0.4 is 10.6 Å². The van der Waals surface area contributed by atoms with E-state index < -0.39 is 6.09 Å². The molecule has 0 aromatic carbocycles. The van der Waals surface area contributed by atoms with E-state index >= 15 is 0 Å². The van der Waals surface area contributed by atoms with Crippen molar-refractivity contribution >= 4 is 12.0 Å². The molecule has 0 rings (SSSR count). The normalized spacial score (nSPS) is 10.1. The Morgan fingerprint density at radius 1 is 1.21 bits per heavy atom. The van der Waals surface area contributed by atoms with Crippen molar-refractivity contribution in [2.24, 2.45) is 0 Å². The Morgan fingerprint density at radius 3 is 2.42 bits per heavy atom. The Hall–Kier alpha value is -1.56. The number of unbranched alkanes of at least 4 members (excludes halogenated alkanes) is 1. The third-order valence-electron chi connectivity index (χ3n) is 2.08. The van der Waals surface area contributed by atoms with E-state index in [0.29, 0.717) is 13.1 Å². The zero-order valence-corrected chi connectivity index (χ0v) is 11.7. The monoisotopic (exact) mass is 272 g/mol. The van der Waals surface area contributed by atoms with Crippen LogP contribution in [0, 0.1) is 0 Å². The topological polar surface area (TPSA) is 76.7 Å². The van der Waals surface area contributed by atoms with Gasteiger partial charge in [0.2, 0.25) is 5.91 Å². The molecule has 0 saturated carbocycles. The summed E-state index contributed by atoms with van der Waals surface area (Å²) in [6, 6.07) is 0. The molecule has 2 N–H and O–H groups in total. The lowest BCUT2D eigenvalue weighted by Crippen LogP contribution is -2.30. The van der Waals surface area contributed by atoms with Gasteiger partial charge in [-0.1, -0.05) is 12.7 Å². The second-order valence-electron chi connectivity index (χ2n) is 4.23. The van der Waals surface area contributed by atoms with Crippen molar-refractivity contribution in [3.8, 4) is 0 Å². The number of rotatable bonds is 10. The van der Waals surface area contributed by atoms with Gasteiger partial charge >= 0.3 is 6.09 Å². The molecule has 19 heavy (non-hydrogen) atoms. The number of carbonyl (C=O) groups is 2. The third-order valence-corrected chi connectivity index (χ3v) is 2.08. The molecule has 0 atom stereocenters. The van der Waals surface area contributed by atoms with Crippen LogP contribution in [0.1, 0.15) is 26.7 Å². The van der Waals surface area contributed by atoms with Crippen LogP contribution in [0.15, 0.2) is 12.7 Å². The molecule has 0 aliphatic carbocycles. The van der Waals surface area contributed by atoms with Gasteiger partial charge in [-0.05, 0) is 26.7 Å². The van der Waals surface area contributed by atoms with Crippen LogP contribution in [-0.2, 0) is 14.3 Å². The maximum absolute atomic E-state index is 11.3. The molecule has 0 aromatic rings. The van der Waals surface area contributed by atoms with E-state index in [1.54, 1.807) is 0 Å². The molecule has 2 amide bonds. The molecule has 6 nitrogen and oxygen atoms in total. The van der Waals surface area contributed by atoms with E-state index in [2.05, 4.69) is 17.2 Å². The van der Waals surface area contributed by atoms with E-state index in [-0.39, 0.29) is 25.2 Å². The number of hydrogen-bond acceptors (Lipinski definition) is 4. The van der Waals surface area contributed by atoms with Crippen LogP contribution in [-0.4, -0.2) is 44.4 Å². The number of hydrogen-bond donors (Lipinski definition) is 2. The molecule has 0 aliphatic heterocycles. The van der Waals surface area contributed by atoms with Gasteiger partial charge in [0.15, 0.2) is 0 Å². The number of nitrogens with one attached hydrogen (secondary N) is 2. The minimum absolute atomic E-state index is 0.0523. The standard InChI is InChI=1S/C13H24N2O4/c1-4-9-18-13(17)15-8-6-5-7-14-12(16)10-19-11(2)3/h4,11H,1,5-10H2,2-3H3,(H,14,16)(H,15,17). The second kappa shape index (κ2) is 11.5. The highest BCUT2D eigenvalue weighted by Gasteiger charge is 2.02. The Kier molecular flexibility index (Phi) is 10.6. The fourth-order valence-corrected chi connectivity index (χ4v) is 1.15. The van der Waals surface area contributed by atoms with Crippen molar-refractivity contribution < 1.29 is 19.1 Å². The van der Waals surface area contributed by atoms with Gasteiger partial charge in [-0.25, -0.2) is 4.79 Å². The molecule has 0 radical (unpaired) electrons. The Labute approximate surface area is 114 Å². The molecular formula is C13H24N2O4. The van der Waals surface area contributed by atoms with Crippen LogP contribution in [0.4, 0.5) is 4.79 Å². The summed E-state index contributed by atoms with van der Waals surface area (Å²) in [5.41, 5.74) is 0. The summed E-state index contributed by atoms with van der Waals surface area (Å²) in [7, 11) is 0. The van der Waals surface area contributed by atoms with Gasteiger partial charge in [0.05, 0.1) is 6.10 Å². The van der Waals surface area contributed by atoms with E-state index in [4.69, 9.17) is 9.47 Å². The predicted molar refractivity (Wildman–Crippen MR) is 72.9 cm³/mol. The van der Waals surface area contributed by atoms with Gasteiger partial charge in [-0.15, -0.1) is 0 Å². The summed E-state index contributed by atoms with van der Waals surface area (Å²) in [6.07, 6.45) is 2.67. The van der Waals surface area contributed by atoms with E-state index in [9.17, 15) is 9.59 Å². The van der Waals surface area contributed by atoms with Crippen LogP contribution in [0.5, 0.6) is 0 Å². The fraction of sp³-hybridized carbons (Fsp3) is 0.692. The number of alkyl carbamates (subject to hydrolysis) is 1. The van der Waals surface area contributed by atoms with Gasteiger partial charge in [0.1, 0.15) is 13.2 Å². The Morgan fingerprint density at radius 2 is 1.84 bits per heavy atom. The molecule has 0 spiro atoms. The molecule has 110 valence electrons. The quantitative estimate of drug-likeness (QED) is 0.463. The highest BCUT2D eigenvalue weighted by Crippen LogP contribution is 1.88. The SMILES string of the molecule is C=CCOC(=O)NCCCCNC(=O)COC(C)C. The molecule has 0 unspecified atom stereocenters. The minimum Gasteiger partial charge on any atom is -0.445 e. The van der Waals surface area contributed by atoms with Crippen molar-refractivity contribution in [1.82, 2.24) is 10.6 Å². The zero-order chi connectivity index (χ0) is 14.5. The molecule has 6 heteroatoms. The van der Waals surface area contributed by atoms with Crippen molar-refractivity contribution in [1.29, 1.82) is 0 Å². The van der Waals surface area contributed by atoms with Crippen LogP contribution in [0.2, 0.25) is 0 Å². The van der Waals surface area contributed by atoms with Gasteiger partial charge in [0, 0.05) is 13.1 Å². The van der Waals surface area contributed by atoms with Crippen LogP contribution in [0.25, 0.3) is 0 Å². The van der Waals surface area contributed by atoms with E-state index in [1.165, 1.54) is 6.08 Å². The molecule has 0 fully saturated rings. The van der Waals surface area contributed by atoms with Crippen LogP contribution in [0.3, 0.4) is 0 Å². The highest BCUT2D eigenvalue weighted by atomic mass is 16.5. The maximum atomic E-state index is 11.3. The van der Waals surface area contributed by atoms with Crippen molar-refractivity contribution in [2.75, 3.05) is 26.3 Å². The highest BCUT2D eigenvalue weighted by molar-refractivity contribution is 5.77. The summed E-state index contributed by atoms with van der Waals surface area (Å²) >= 11 is 0. The fourth-order valence-electron chi connectivity index (χ4n) is 1.15. The lowest BCUT2D eigenvalue weighted by Gasteiger charge is -2.08. The molecule has 0 bridgehead atoms. The van der Waals surface area contributed by atoms with Crippen molar-refractivity contribution in [3.05, 3.63) is 12.7 Å². The first kappa shape index (κ1) is 17.4. The maximum Gasteiger partial charge on any atom is 0.407 e. The van der Waals surface area contributed by atoms with Gasteiger partial charge in [-0.3, -0.25) is 4.79 Å². The summed E-state index contributed by atoms with van der Waals surface area (Å²) in [5.74, 6) is -0.118. The molecular weight excluding hydrogens is 248 g/mol. The van der Waals surface area contributed by atoms with Crippen molar-refractivity contribution in [2.45, 2.75) is 32.8 Å². The predicted octanol–water partition coefficient (Wildman–Crippen LogP) is 1.22. The van der Waals surface area contributed by atoms with Gasteiger partial charge < -0.3 is 20.1 Å². The Balaban J connectivity index is 3.33. The van der Waals surface area contributed by atoms with Gasteiger partial charge in [0.25, 0.3) is 0 Å². The summed E-state index contributed by atoms with van der Waals surface area (Å²) in [6.45, 7) is 8.59. The number of carbonyl (C=O) groups excluding carboxylic acids is 2. The molecule has 0 aromatic heterocycles. The number of amides is 2. The first-order chi connectivity index (χ1) is 9.06. The third kappa shape index (κ3) is 12.7. The zero-order valence-electron chi connectivity index (χ0n) is 11.7. The smallest absolute Gasteiger partial charge is 0.407 e. The van der Waals surface area contributed by atoms with Crippen molar-refractivity contribution in [3.63, 3.8) is 0 Å². The first-order valence-corrected chi connectivity index (χ1v) is 6.46. The largest absolute Gasteiger partial charge is 0.445 e. The molecule has 0 saturated heterocycles. The first-order valence-electron chi connectivity index (χ1n) is 6.46. The summed E-state index contributed by atoms with van der Waals surface area (Å²) in [4.78, 5) is 22.3. The summed E-state index contributed by atoms with van der Waals surface area (Å²) < 4.78 is 9.89. The molecule has 0 aliphatic rings. The average Bonchev–Trinajstić information content (AvgIpc) is 2.37. The van der Waals surface area contributed by atoms with Gasteiger partial charge in [-0.2, -0.15) is 0 Å². The average molecular weight is 272 g/mol. The van der Waals surface area contributed by atoms with E-state index in [1.807, 2.05) is 13.8 Å². The number of ether oxygens (including phenoxy) is 2. The molecule has 0 heterocycles. The lowest BCUT2D eigenvalue weighted by molar-refractivity contribution is -0.127.